The van der Waals surface area contributed by atoms with E-state index in [9.17, 15) is 4.39 Å². The number of methoxy groups -OCH3 is 1. The molecule has 0 saturated carbocycles. The van der Waals surface area contributed by atoms with Gasteiger partial charge in [0.25, 0.3) is 0 Å². The first-order chi connectivity index (χ1) is 13.0. The number of rotatable bonds is 12. The Morgan fingerprint density at radius 1 is 1.22 bits per heavy atom. The van der Waals surface area contributed by atoms with Gasteiger partial charge in [0.15, 0.2) is 5.96 Å². The zero-order valence-corrected chi connectivity index (χ0v) is 17.5. The minimum Gasteiger partial charge on any atom is -0.385 e. The van der Waals surface area contributed by atoms with Crippen LogP contribution in [0.3, 0.4) is 0 Å². The Balaban J connectivity index is 2.59. The zero-order valence-electron chi connectivity index (χ0n) is 17.5. The number of nitrogens with one attached hydrogen (secondary N) is 2. The molecule has 1 atom stereocenters. The van der Waals surface area contributed by atoms with Crippen LogP contribution in [0.5, 0.6) is 0 Å². The van der Waals surface area contributed by atoms with E-state index >= 15 is 0 Å². The Bertz CT molecular complexity index is 553. The van der Waals surface area contributed by atoms with Gasteiger partial charge >= 0.3 is 0 Å². The van der Waals surface area contributed by atoms with E-state index in [-0.39, 0.29) is 11.9 Å². The Labute approximate surface area is 163 Å². The van der Waals surface area contributed by atoms with Crippen molar-refractivity contribution in [3.8, 4) is 0 Å². The van der Waals surface area contributed by atoms with E-state index in [0.717, 1.165) is 50.7 Å². The summed E-state index contributed by atoms with van der Waals surface area (Å²) in [6.45, 7) is 6.91. The molecule has 154 valence electrons. The van der Waals surface area contributed by atoms with Crippen molar-refractivity contribution < 1.29 is 9.13 Å². The number of hydrogen-bond acceptors (Lipinski definition) is 4. The van der Waals surface area contributed by atoms with Gasteiger partial charge in [-0.3, -0.25) is 4.99 Å². The molecule has 0 radical (unpaired) electrons. The molecule has 0 bridgehead atoms. The monoisotopic (exact) mass is 381 g/mol. The fourth-order valence-electron chi connectivity index (χ4n) is 2.76. The maximum Gasteiger partial charge on any atom is 0.191 e. The average Bonchev–Trinajstić information content (AvgIpc) is 2.62. The number of ether oxygens (including phenoxy) is 1. The summed E-state index contributed by atoms with van der Waals surface area (Å²) < 4.78 is 18.7. The molecule has 27 heavy (non-hydrogen) atoms. The summed E-state index contributed by atoms with van der Waals surface area (Å²) in [5, 5.41) is 6.65. The Kier molecular flexibility index (Phi) is 11.6. The first-order valence-electron chi connectivity index (χ1n) is 9.59. The number of aliphatic imine (C=N–C) groups is 1. The Hall–Kier alpha value is -1.70. The second-order valence-corrected chi connectivity index (χ2v) is 6.83. The highest BCUT2D eigenvalue weighted by Gasteiger charge is 2.14. The fraction of sp³-hybridized carbons (Fsp3) is 0.650. The molecule has 2 N–H and O–H groups in total. The number of halogens is 1. The predicted molar refractivity (Wildman–Crippen MR) is 111 cm³/mol. The van der Waals surface area contributed by atoms with E-state index in [4.69, 9.17) is 9.73 Å². The number of guanidine groups is 1. The molecule has 0 aliphatic carbocycles. The van der Waals surface area contributed by atoms with Gasteiger partial charge in [-0.2, -0.15) is 0 Å². The van der Waals surface area contributed by atoms with Crippen LogP contribution in [0.2, 0.25) is 0 Å². The van der Waals surface area contributed by atoms with Gasteiger partial charge < -0.3 is 25.2 Å². The standard InChI is InChI=1S/C20H36FN5O/c1-6-22-20(23-11-13-26(4)12-8-14-27-5)24-16-19(25(2)3)17-9-7-10-18(21)15-17/h7,9-10,15,19H,6,8,11-14,16H2,1-5H3,(H2,22,23,24). The smallest absolute Gasteiger partial charge is 0.191 e. The molecule has 0 spiro atoms. The van der Waals surface area contributed by atoms with Crippen LogP contribution < -0.4 is 10.6 Å². The van der Waals surface area contributed by atoms with E-state index in [1.54, 1.807) is 19.2 Å². The Morgan fingerprint density at radius 2 is 2.00 bits per heavy atom. The fourth-order valence-corrected chi connectivity index (χ4v) is 2.76. The second kappa shape index (κ2) is 13.5. The zero-order chi connectivity index (χ0) is 20.1. The summed E-state index contributed by atoms with van der Waals surface area (Å²) in [6, 6.07) is 6.75. The summed E-state index contributed by atoms with van der Waals surface area (Å²) >= 11 is 0. The van der Waals surface area contributed by atoms with Gasteiger partial charge in [0.2, 0.25) is 0 Å². The van der Waals surface area contributed by atoms with Crippen molar-refractivity contribution >= 4 is 5.96 Å². The van der Waals surface area contributed by atoms with Crippen LogP contribution >= 0.6 is 0 Å². The van der Waals surface area contributed by atoms with Crippen molar-refractivity contribution in [2.75, 3.05) is 67.6 Å². The lowest BCUT2D eigenvalue weighted by molar-refractivity contribution is 0.180. The lowest BCUT2D eigenvalue weighted by Crippen LogP contribution is -2.41. The van der Waals surface area contributed by atoms with Gasteiger partial charge in [0, 0.05) is 39.9 Å². The van der Waals surface area contributed by atoms with E-state index < -0.39 is 0 Å². The highest BCUT2D eigenvalue weighted by Crippen LogP contribution is 2.19. The van der Waals surface area contributed by atoms with E-state index in [1.807, 2.05) is 27.1 Å². The SMILES string of the molecule is CCNC(=NCC(c1cccc(F)c1)N(C)C)NCCN(C)CCCOC. The summed E-state index contributed by atoms with van der Waals surface area (Å²) in [7, 11) is 7.81. The molecule has 0 aliphatic heterocycles. The molecule has 0 saturated heterocycles. The highest BCUT2D eigenvalue weighted by molar-refractivity contribution is 5.79. The molecular formula is C20H36FN5O. The van der Waals surface area contributed by atoms with Crippen LogP contribution in [0.1, 0.15) is 24.9 Å². The maximum absolute atomic E-state index is 13.6. The molecular weight excluding hydrogens is 345 g/mol. The molecule has 0 amide bonds. The molecule has 1 aromatic rings. The second-order valence-electron chi connectivity index (χ2n) is 6.83. The lowest BCUT2D eigenvalue weighted by Gasteiger charge is -2.24. The van der Waals surface area contributed by atoms with Crippen molar-refractivity contribution in [3.05, 3.63) is 35.6 Å². The van der Waals surface area contributed by atoms with Crippen LogP contribution in [-0.2, 0) is 4.74 Å². The number of benzene rings is 1. The van der Waals surface area contributed by atoms with Crippen LogP contribution in [0, 0.1) is 5.82 Å². The highest BCUT2D eigenvalue weighted by atomic mass is 19.1. The third-order valence-corrected chi connectivity index (χ3v) is 4.30. The quantitative estimate of drug-likeness (QED) is 0.329. The summed E-state index contributed by atoms with van der Waals surface area (Å²) in [6.07, 6.45) is 1.03. The molecule has 6 nitrogen and oxygen atoms in total. The minimum atomic E-state index is -0.218. The van der Waals surface area contributed by atoms with Crippen molar-refractivity contribution in [1.29, 1.82) is 0 Å². The van der Waals surface area contributed by atoms with Crippen molar-refractivity contribution in [2.24, 2.45) is 4.99 Å². The maximum atomic E-state index is 13.6. The average molecular weight is 382 g/mol. The first-order valence-corrected chi connectivity index (χ1v) is 9.59. The lowest BCUT2D eigenvalue weighted by atomic mass is 10.1. The molecule has 0 aromatic heterocycles. The van der Waals surface area contributed by atoms with E-state index in [2.05, 4.69) is 27.5 Å². The van der Waals surface area contributed by atoms with E-state index in [1.165, 1.54) is 6.07 Å². The number of hydrogen-bond donors (Lipinski definition) is 2. The van der Waals surface area contributed by atoms with Gasteiger partial charge in [-0.25, -0.2) is 4.39 Å². The molecule has 1 aromatic carbocycles. The molecule has 1 rings (SSSR count). The molecule has 0 fully saturated rings. The summed E-state index contributed by atoms with van der Waals surface area (Å²) in [5.41, 5.74) is 0.928. The van der Waals surface area contributed by atoms with Crippen LogP contribution in [0.4, 0.5) is 4.39 Å². The summed E-state index contributed by atoms with van der Waals surface area (Å²) in [5.74, 6) is 0.566. The van der Waals surface area contributed by atoms with Crippen LogP contribution in [0.15, 0.2) is 29.3 Å². The largest absolute Gasteiger partial charge is 0.385 e. The topological polar surface area (TPSA) is 52.1 Å². The third-order valence-electron chi connectivity index (χ3n) is 4.30. The minimum absolute atomic E-state index is 0.0212. The summed E-state index contributed by atoms with van der Waals surface area (Å²) in [4.78, 5) is 9.03. The van der Waals surface area contributed by atoms with Gasteiger partial charge in [-0.1, -0.05) is 12.1 Å². The van der Waals surface area contributed by atoms with E-state index in [0.29, 0.717) is 6.54 Å². The van der Waals surface area contributed by atoms with Gasteiger partial charge in [-0.15, -0.1) is 0 Å². The molecule has 1 unspecified atom stereocenters. The van der Waals surface area contributed by atoms with Gasteiger partial charge in [-0.05, 0) is 52.2 Å². The molecule has 0 heterocycles. The number of nitrogens with zero attached hydrogens (tertiary/aromatic N) is 3. The van der Waals surface area contributed by atoms with Crippen molar-refractivity contribution in [2.45, 2.75) is 19.4 Å². The third kappa shape index (κ3) is 9.70. The number of likely N-dealkylation sites (N-methyl/N-ethyl adjacent to an activating group) is 2. The van der Waals surface area contributed by atoms with Gasteiger partial charge in [0.1, 0.15) is 5.82 Å². The molecule has 7 heteroatoms. The van der Waals surface area contributed by atoms with Crippen molar-refractivity contribution in [3.63, 3.8) is 0 Å². The van der Waals surface area contributed by atoms with Crippen LogP contribution in [-0.4, -0.2) is 83.3 Å². The van der Waals surface area contributed by atoms with Crippen LogP contribution in [0.25, 0.3) is 0 Å². The van der Waals surface area contributed by atoms with Crippen molar-refractivity contribution in [1.82, 2.24) is 20.4 Å². The molecule has 0 aliphatic rings. The predicted octanol–water partition coefficient (Wildman–Crippen LogP) is 1.95. The Morgan fingerprint density at radius 3 is 2.63 bits per heavy atom. The normalized spacial score (nSPS) is 13.3. The van der Waals surface area contributed by atoms with Gasteiger partial charge in [0.05, 0.1) is 12.6 Å². The first kappa shape index (κ1) is 23.3.